The molecule has 0 aliphatic heterocycles. The zero-order valence-corrected chi connectivity index (χ0v) is 14.4. The maximum Gasteiger partial charge on any atom is 0.244 e. The Morgan fingerprint density at radius 3 is 2.70 bits per heavy atom. The quantitative estimate of drug-likeness (QED) is 0.462. The van der Waals surface area contributed by atoms with Gasteiger partial charge in [-0.25, -0.2) is 0 Å². The molecule has 1 N–H and O–H groups in total. The van der Waals surface area contributed by atoms with Crippen LogP contribution in [0.25, 0.3) is 6.08 Å². The van der Waals surface area contributed by atoms with Gasteiger partial charge in [-0.1, -0.05) is 29.8 Å². The van der Waals surface area contributed by atoms with E-state index < -0.39 is 0 Å². The number of para-hydroxylation sites is 1. The third-order valence-corrected chi connectivity index (χ3v) is 4.30. The molecule has 120 valence electrons. The Labute approximate surface area is 145 Å². The average molecular weight is 348 g/mol. The first-order valence-electron chi connectivity index (χ1n) is 7.16. The Morgan fingerprint density at radius 2 is 1.96 bits per heavy atom. The number of methoxy groups -OCH3 is 1. The van der Waals surface area contributed by atoms with Crippen LogP contribution in [0.2, 0.25) is 5.02 Å². The van der Waals surface area contributed by atoms with Gasteiger partial charge >= 0.3 is 0 Å². The summed E-state index contributed by atoms with van der Waals surface area (Å²) in [6.07, 6.45) is 3.27. The van der Waals surface area contributed by atoms with E-state index in [-0.39, 0.29) is 5.91 Å². The minimum absolute atomic E-state index is 0.118. The summed E-state index contributed by atoms with van der Waals surface area (Å²) in [5.74, 6) is 1.43. The largest absolute Gasteiger partial charge is 0.496 e. The van der Waals surface area contributed by atoms with Crippen LogP contribution in [0.4, 0.5) is 0 Å². The number of hydrogen-bond acceptors (Lipinski definition) is 3. The van der Waals surface area contributed by atoms with Crippen LogP contribution in [0.5, 0.6) is 5.75 Å². The van der Waals surface area contributed by atoms with Crippen molar-refractivity contribution in [2.45, 2.75) is 4.90 Å². The fourth-order valence-electron chi connectivity index (χ4n) is 1.90. The Hall–Kier alpha value is -1.91. The molecule has 0 bridgehead atoms. The van der Waals surface area contributed by atoms with Crippen LogP contribution in [0.3, 0.4) is 0 Å². The molecule has 2 rings (SSSR count). The number of thioether (sulfide) groups is 1. The normalized spacial score (nSPS) is 10.7. The van der Waals surface area contributed by atoms with Gasteiger partial charge < -0.3 is 10.1 Å². The average Bonchev–Trinajstić information content (AvgIpc) is 2.58. The zero-order valence-electron chi connectivity index (χ0n) is 12.8. The third-order valence-electron chi connectivity index (χ3n) is 3.04. The first-order chi connectivity index (χ1) is 11.2. The number of benzene rings is 2. The predicted octanol–water partition coefficient (Wildman–Crippen LogP) is 4.27. The molecule has 0 saturated heterocycles. The monoisotopic (exact) mass is 347 g/mol. The van der Waals surface area contributed by atoms with Crippen molar-refractivity contribution in [3.63, 3.8) is 0 Å². The van der Waals surface area contributed by atoms with Crippen LogP contribution in [0.15, 0.2) is 59.5 Å². The molecule has 2 aromatic carbocycles. The lowest BCUT2D eigenvalue weighted by Gasteiger charge is -2.04. The molecule has 5 heteroatoms. The van der Waals surface area contributed by atoms with Crippen molar-refractivity contribution in [2.75, 3.05) is 19.4 Å². The highest BCUT2D eigenvalue weighted by molar-refractivity contribution is 7.99. The second kappa shape index (κ2) is 9.28. The maximum atomic E-state index is 11.8. The molecule has 0 spiro atoms. The Kier molecular flexibility index (Phi) is 7.04. The molecule has 0 saturated carbocycles. The standard InChI is InChI=1S/C18H18ClNO2S/c1-22-17-5-3-2-4-14(17)6-11-18(21)20-12-13-23-16-9-7-15(19)8-10-16/h2-11H,12-13H2,1H3,(H,20,21)/b11-6+. The van der Waals surface area contributed by atoms with E-state index in [1.807, 2.05) is 48.5 Å². The number of rotatable bonds is 7. The van der Waals surface area contributed by atoms with Crippen LogP contribution >= 0.6 is 23.4 Å². The van der Waals surface area contributed by atoms with Crippen LogP contribution in [0, 0.1) is 0 Å². The third kappa shape index (κ3) is 6.00. The van der Waals surface area contributed by atoms with Gasteiger partial charge in [-0.2, -0.15) is 0 Å². The fourth-order valence-corrected chi connectivity index (χ4v) is 2.80. The highest BCUT2D eigenvalue weighted by Crippen LogP contribution is 2.20. The number of halogens is 1. The number of carbonyl (C=O) groups excluding carboxylic acids is 1. The maximum absolute atomic E-state index is 11.8. The summed E-state index contributed by atoms with van der Waals surface area (Å²) in [5, 5.41) is 3.58. The van der Waals surface area contributed by atoms with Gasteiger partial charge in [-0.3, -0.25) is 4.79 Å². The van der Waals surface area contributed by atoms with Gasteiger partial charge in [0.25, 0.3) is 0 Å². The molecule has 0 aliphatic rings. The smallest absolute Gasteiger partial charge is 0.244 e. The Morgan fingerprint density at radius 1 is 1.22 bits per heavy atom. The van der Waals surface area contributed by atoms with Gasteiger partial charge in [0.2, 0.25) is 5.91 Å². The van der Waals surface area contributed by atoms with Crippen LogP contribution in [0.1, 0.15) is 5.56 Å². The van der Waals surface area contributed by atoms with Crippen LogP contribution in [-0.4, -0.2) is 25.3 Å². The van der Waals surface area contributed by atoms with Crippen molar-refractivity contribution >= 4 is 35.3 Å². The van der Waals surface area contributed by atoms with Gasteiger partial charge in [0, 0.05) is 33.9 Å². The second-order valence-electron chi connectivity index (χ2n) is 4.67. The number of nitrogens with one attached hydrogen (secondary N) is 1. The highest BCUT2D eigenvalue weighted by Gasteiger charge is 2.00. The number of ether oxygens (including phenoxy) is 1. The summed E-state index contributed by atoms with van der Waals surface area (Å²) in [5.41, 5.74) is 0.876. The summed E-state index contributed by atoms with van der Waals surface area (Å²) >= 11 is 7.51. The number of hydrogen-bond donors (Lipinski definition) is 1. The lowest BCUT2D eigenvalue weighted by Crippen LogP contribution is -2.23. The first kappa shape index (κ1) is 17.4. The Bertz CT molecular complexity index is 671. The first-order valence-corrected chi connectivity index (χ1v) is 8.52. The van der Waals surface area contributed by atoms with Gasteiger partial charge in [0.05, 0.1) is 7.11 Å². The highest BCUT2D eigenvalue weighted by atomic mass is 35.5. The van der Waals surface area contributed by atoms with Crippen molar-refractivity contribution in [3.8, 4) is 5.75 Å². The van der Waals surface area contributed by atoms with E-state index in [2.05, 4.69) is 5.32 Å². The summed E-state index contributed by atoms with van der Waals surface area (Å²) in [6, 6.07) is 15.2. The number of carbonyl (C=O) groups is 1. The molecule has 0 heterocycles. The van der Waals surface area contributed by atoms with Crippen LogP contribution < -0.4 is 10.1 Å². The minimum atomic E-state index is -0.118. The lowest BCUT2D eigenvalue weighted by atomic mass is 10.2. The van der Waals surface area contributed by atoms with Crippen molar-refractivity contribution in [1.29, 1.82) is 0 Å². The molecule has 0 unspecified atom stereocenters. The van der Waals surface area contributed by atoms with E-state index in [9.17, 15) is 4.79 Å². The molecule has 0 aliphatic carbocycles. The van der Waals surface area contributed by atoms with E-state index in [1.54, 1.807) is 24.9 Å². The number of amides is 1. The van der Waals surface area contributed by atoms with E-state index in [0.717, 1.165) is 27.0 Å². The van der Waals surface area contributed by atoms with Gasteiger partial charge in [0.15, 0.2) is 0 Å². The molecule has 23 heavy (non-hydrogen) atoms. The summed E-state index contributed by atoms with van der Waals surface area (Å²) < 4.78 is 5.24. The van der Waals surface area contributed by atoms with Gasteiger partial charge in [-0.15, -0.1) is 11.8 Å². The van der Waals surface area contributed by atoms with Crippen molar-refractivity contribution in [1.82, 2.24) is 5.32 Å². The van der Waals surface area contributed by atoms with Gasteiger partial charge in [0.1, 0.15) is 5.75 Å². The molecular formula is C18H18ClNO2S. The van der Waals surface area contributed by atoms with E-state index in [4.69, 9.17) is 16.3 Å². The van der Waals surface area contributed by atoms with Crippen LogP contribution in [-0.2, 0) is 4.79 Å². The SMILES string of the molecule is COc1ccccc1/C=C/C(=O)NCCSc1ccc(Cl)cc1. The molecule has 1 amide bonds. The molecule has 0 atom stereocenters. The van der Waals surface area contributed by atoms with Crippen molar-refractivity contribution in [2.24, 2.45) is 0 Å². The molecule has 0 radical (unpaired) electrons. The minimum Gasteiger partial charge on any atom is -0.496 e. The van der Waals surface area contributed by atoms with Crippen molar-refractivity contribution < 1.29 is 9.53 Å². The second-order valence-corrected chi connectivity index (χ2v) is 6.27. The summed E-state index contributed by atoms with van der Waals surface area (Å²) in [6.45, 7) is 0.600. The molecule has 0 aromatic heterocycles. The molecule has 2 aromatic rings. The molecule has 3 nitrogen and oxygen atoms in total. The topological polar surface area (TPSA) is 38.3 Å². The van der Waals surface area contributed by atoms with Gasteiger partial charge in [-0.05, 0) is 36.4 Å². The van der Waals surface area contributed by atoms with E-state index in [1.165, 1.54) is 6.08 Å². The molecule has 0 fully saturated rings. The lowest BCUT2D eigenvalue weighted by molar-refractivity contribution is -0.116. The van der Waals surface area contributed by atoms with E-state index in [0.29, 0.717) is 6.54 Å². The molecular weight excluding hydrogens is 330 g/mol. The van der Waals surface area contributed by atoms with Crippen molar-refractivity contribution in [3.05, 3.63) is 65.2 Å². The predicted molar refractivity (Wildman–Crippen MR) is 97.2 cm³/mol. The summed E-state index contributed by atoms with van der Waals surface area (Å²) in [4.78, 5) is 12.9. The summed E-state index contributed by atoms with van der Waals surface area (Å²) in [7, 11) is 1.61. The fraction of sp³-hybridized carbons (Fsp3) is 0.167. The Balaban J connectivity index is 1.74. The zero-order chi connectivity index (χ0) is 16.5. The van der Waals surface area contributed by atoms with E-state index >= 15 is 0 Å².